The Hall–Kier alpha value is -2.99. The van der Waals surface area contributed by atoms with Gasteiger partial charge >= 0.3 is 5.97 Å². The van der Waals surface area contributed by atoms with Crippen LogP contribution in [-0.2, 0) is 11.3 Å². The van der Waals surface area contributed by atoms with Crippen LogP contribution in [0.2, 0.25) is 5.02 Å². The second-order valence-electron chi connectivity index (χ2n) is 5.30. The van der Waals surface area contributed by atoms with E-state index in [9.17, 15) is 14.8 Å². The number of nitrogens with zero attached hydrogens (tertiary/aromatic N) is 2. The lowest BCUT2D eigenvalue weighted by Gasteiger charge is -2.11. The van der Waals surface area contributed by atoms with Crippen molar-refractivity contribution in [3.05, 3.63) is 75.7 Å². The molecule has 0 saturated heterocycles. The molecule has 2 aromatic carbocycles. The first-order valence-electron chi connectivity index (χ1n) is 7.43. The number of hydrogen-bond acceptors (Lipinski definition) is 5. The molecule has 126 valence electrons. The van der Waals surface area contributed by atoms with Crippen molar-refractivity contribution >= 4 is 34.4 Å². The first kappa shape index (κ1) is 16.9. The molecule has 0 atom stereocenters. The summed E-state index contributed by atoms with van der Waals surface area (Å²) in [5.41, 5.74) is 0.830. The molecule has 0 fully saturated rings. The van der Waals surface area contributed by atoms with E-state index in [1.807, 2.05) is 0 Å². The quantitative estimate of drug-likeness (QED) is 0.310. The second kappa shape index (κ2) is 6.86. The summed E-state index contributed by atoms with van der Waals surface area (Å²) in [4.78, 5) is 28.3. The van der Waals surface area contributed by atoms with Crippen LogP contribution in [0.1, 0.15) is 33.5 Å². The molecule has 25 heavy (non-hydrogen) atoms. The second-order valence-corrected chi connectivity index (χ2v) is 5.71. The third-order valence-corrected chi connectivity index (χ3v) is 3.93. The van der Waals surface area contributed by atoms with E-state index in [1.165, 1.54) is 13.0 Å². The molecule has 0 saturated carbocycles. The van der Waals surface area contributed by atoms with Crippen molar-refractivity contribution in [2.45, 2.75) is 13.5 Å². The van der Waals surface area contributed by atoms with Crippen LogP contribution in [0, 0.1) is 5.21 Å². The number of halogens is 1. The normalized spacial score (nSPS) is 10.6. The average molecular weight is 357 g/mol. The van der Waals surface area contributed by atoms with Crippen LogP contribution in [0.4, 0.5) is 0 Å². The van der Waals surface area contributed by atoms with Crippen molar-refractivity contribution in [3.8, 4) is 0 Å². The molecule has 6 nitrogen and oxygen atoms in total. The number of aromatic nitrogens is 2. The van der Waals surface area contributed by atoms with E-state index in [0.717, 1.165) is 0 Å². The number of carbonyl (C=O) groups excluding carboxylic acids is 2. The van der Waals surface area contributed by atoms with Crippen molar-refractivity contribution in [2.24, 2.45) is 0 Å². The third-order valence-electron chi connectivity index (χ3n) is 3.60. The van der Waals surface area contributed by atoms with Gasteiger partial charge < -0.3 is 9.94 Å². The predicted molar refractivity (Wildman–Crippen MR) is 91.3 cm³/mol. The summed E-state index contributed by atoms with van der Waals surface area (Å²) in [6.45, 7) is 0.950. The van der Waals surface area contributed by atoms with E-state index in [4.69, 9.17) is 16.3 Å². The minimum atomic E-state index is -0.660. The lowest BCUT2D eigenvalue weighted by molar-refractivity contribution is -0.580. The smallest absolute Gasteiger partial charge is 0.340 e. The molecule has 0 bridgehead atoms. The van der Waals surface area contributed by atoms with Gasteiger partial charge in [0.1, 0.15) is 12.1 Å². The van der Waals surface area contributed by atoms with Gasteiger partial charge in [-0.15, -0.1) is 0 Å². The molecule has 0 unspecified atom stereocenters. The summed E-state index contributed by atoms with van der Waals surface area (Å²) in [6, 6.07) is 13.1. The number of ether oxygens (including phenoxy) is 1. The van der Waals surface area contributed by atoms with Gasteiger partial charge in [0.25, 0.3) is 5.69 Å². The van der Waals surface area contributed by atoms with Gasteiger partial charge in [-0.2, -0.15) is 4.73 Å². The van der Waals surface area contributed by atoms with Crippen molar-refractivity contribution in [1.29, 1.82) is 0 Å². The maximum Gasteiger partial charge on any atom is 0.340 e. The largest absolute Gasteiger partial charge is 0.618 e. The Morgan fingerprint density at radius 2 is 1.84 bits per heavy atom. The molecule has 7 heteroatoms. The molecule has 1 aromatic heterocycles. The summed E-state index contributed by atoms with van der Waals surface area (Å²) >= 11 is 5.96. The Balaban J connectivity index is 1.96. The lowest BCUT2D eigenvalue weighted by atomic mass is 10.2. The van der Waals surface area contributed by atoms with E-state index >= 15 is 0 Å². The molecule has 0 aliphatic rings. The maximum absolute atomic E-state index is 12.5. The molecule has 0 aliphatic heterocycles. The van der Waals surface area contributed by atoms with Gasteiger partial charge in [0, 0.05) is 13.0 Å². The van der Waals surface area contributed by atoms with Gasteiger partial charge in [0.2, 0.25) is 11.3 Å². The summed E-state index contributed by atoms with van der Waals surface area (Å²) in [7, 11) is 0. The van der Waals surface area contributed by atoms with Crippen LogP contribution in [0.5, 0.6) is 0 Å². The van der Waals surface area contributed by atoms with E-state index in [1.54, 1.807) is 42.5 Å². The number of benzene rings is 2. The summed E-state index contributed by atoms with van der Waals surface area (Å²) in [6.07, 6.45) is 0. The van der Waals surface area contributed by atoms with Crippen molar-refractivity contribution in [3.63, 3.8) is 0 Å². The molecule has 0 spiro atoms. The van der Waals surface area contributed by atoms with Crippen molar-refractivity contribution < 1.29 is 19.1 Å². The number of para-hydroxylation sites is 2. The molecular formula is C18H13ClN2O4. The highest BCUT2D eigenvalue weighted by Gasteiger charge is 2.24. The minimum Gasteiger partial charge on any atom is -0.618 e. The molecule has 3 aromatic rings. The van der Waals surface area contributed by atoms with Crippen molar-refractivity contribution in [1.82, 2.24) is 4.98 Å². The number of hydrogen-bond donors (Lipinski definition) is 0. The fourth-order valence-electron chi connectivity index (χ4n) is 2.45. The zero-order valence-corrected chi connectivity index (χ0v) is 14.0. The van der Waals surface area contributed by atoms with Gasteiger partial charge in [-0.05, 0) is 18.2 Å². The monoisotopic (exact) mass is 356 g/mol. The number of ketones is 1. The minimum absolute atomic E-state index is 0.0987. The Morgan fingerprint density at radius 1 is 1.16 bits per heavy atom. The highest BCUT2D eigenvalue weighted by Crippen LogP contribution is 2.18. The standard InChI is InChI=1S/C18H13ClN2O4/c1-11(22)17-15(20-14-8-4-5-9-16(14)21(17)24)10-25-18(23)12-6-2-3-7-13(12)19/h2-9H,10H2,1H3. The van der Waals surface area contributed by atoms with E-state index in [-0.39, 0.29) is 34.1 Å². The molecule has 0 N–H and O–H groups in total. The van der Waals surface area contributed by atoms with Gasteiger partial charge in [0.15, 0.2) is 5.69 Å². The molecule has 0 aliphatic carbocycles. The zero-order chi connectivity index (χ0) is 18.0. The molecule has 1 heterocycles. The molecule has 3 rings (SSSR count). The van der Waals surface area contributed by atoms with Gasteiger partial charge in [0.05, 0.1) is 10.6 Å². The number of fused-ring (bicyclic) bond motifs is 1. The first-order valence-corrected chi connectivity index (χ1v) is 7.80. The Labute approximate surface area is 148 Å². The number of esters is 1. The molecular weight excluding hydrogens is 344 g/mol. The topological polar surface area (TPSA) is 83.2 Å². The summed E-state index contributed by atoms with van der Waals surface area (Å²) in [5.74, 6) is -1.12. The fourth-order valence-corrected chi connectivity index (χ4v) is 2.66. The lowest BCUT2D eigenvalue weighted by Crippen LogP contribution is -2.37. The fraction of sp³-hybridized carbons (Fsp3) is 0.111. The van der Waals surface area contributed by atoms with Crippen LogP contribution in [-0.4, -0.2) is 16.7 Å². The van der Waals surface area contributed by atoms with Gasteiger partial charge in [-0.3, -0.25) is 4.79 Å². The highest BCUT2D eigenvalue weighted by molar-refractivity contribution is 6.33. The Kier molecular flexibility index (Phi) is 4.63. The summed E-state index contributed by atoms with van der Waals surface area (Å²) in [5, 5.41) is 12.7. The third kappa shape index (κ3) is 3.29. The van der Waals surface area contributed by atoms with Crippen LogP contribution < -0.4 is 4.73 Å². The number of carbonyl (C=O) groups is 2. The summed E-state index contributed by atoms with van der Waals surface area (Å²) < 4.78 is 5.72. The van der Waals surface area contributed by atoms with Gasteiger partial charge in [-0.25, -0.2) is 9.78 Å². The van der Waals surface area contributed by atoms with Crippen LogP contribution in [0.3, 0.4) is 0 Å². The van der Waals surface area contributed by atoms with Gasteiger partial charge in [-0.1, -0.05) is 35.9 Å². The van der Waals surface area contributed by atoms with Crippen LogP contribution in [0.25, 0.3) is 11.0 Å². The Bertz CT molecular complexity index is 988. The van der Waals surface area contributed by atoms with Crippen LogP contribution >= 0.6 is 11.6 Å². The molecule has 0 radical (unpaired) electrons. The predicted octanol–water partition coefficient (Wildman–Crippen LogP) is 3.08. The highest BCUT2D eigenvalue weighted by atomic mass is 35.5. The molecule has 0 amide bonds. The SMILES string of the molecule is CC(=O)c1c(COC(=O)c2ccccc2Cl)nc2ccccc2[n+]1[O-]. The van der Waals surface area contributed by atoms with Crippen molar-refractivity contribution in [2.75, 3.05) is 0 Å². The van der Waals surface area contributed by atoms with E-state index in [0.29, 0.717) is 10.2 Å². The van der Waals surface area contributed by atoms with E-state index < -0.39 is 11.8 Å². The Morgan fingerprint density at radius 3 is 2.56 bits per heavy atom. The first-order chi connectivity index (χ1) is 12.0. The van der Waals surface area contributed by atoms with Crippen LogP contribution in [0.15, 0.2) is 48.5 Å². The number of Topliss-reactive ketones (excluding diaryl/α,β-unsaturated/α-hetero) is 1. The van der Waals surface area contributed by atoms with E-state index in [2.05, 4.69) is 4.98 Å². The number of rotatable bonds is 4. The zero-order valence-electron chi connectivity index (χ0n) is 13.2. The average Bonchev–Trinajstić information content (AvgIpc) is 2.60. The maximum atomic E-state index is 12.5.